The molecule has 0 unspecified atom stereocenters. The first-order chi connectivity index (χ1) is 13.9. The van der Waals surface area contributed by atoms with Crippen molar-refractivity contribution in [1.82, 2.24) is 5.32 Å². The maximum atomic E-state index is 12.2. The minimum Gasteiger partial charge on any atom is -0.456 e. The van der Waals surface area contributed by atoms with E-state index in [-0.39, 0.29) is 18.2 Å². The first kappa shape index (κ1) is 20.7. The Morgan fingerprint density at radius 2 is 1.83 bits per heavy atom. The second-order valence-electron chi connectivity index (χ2n) is 6.47. The molecule has 8 heteroatoms. The second-order valence-corrected chi connectivity index (χ2v) is 7.39. The van der Waals surface area contributed by atoms with Gasteiger partial charge in [-0.15, -0.1) is 0 Å². The van der Waals surface area contributed by atoms with Crippen LogP contribution < -0.4 is 10.2 Å². The number of anilines is 1. The molecule has 7 nitrogen and oxygen atoms in total. The summed E-state index contributed by atoms with van der Waals surface area (Å²) in [6.07, 6.45) is 1.36. The van der Waals surface area contributed by atoms with E-state index < -0.39 is 18.5 Å². The van der Waals surface area contributed by atoms with Crippen LogP contribution in [0.3, 0.4) is 0 Å². The van der Waals surface area contributed by atoms with Crippen LogP contribution in [0.25, 0.3) is 0 Å². The molecule has 0 bridgehead atoms. The van der Waals surface area contributed by atoms with Gasteiger partial charge in [-0.05, 0) is 48.9 Å². The number of rotatable bonds is 7. The number of benzene rings is 2. The van der Waals surface area contributed by atoms with Crippen LogP contribution in [0.5, 0.6) is 0 Å². The second kappa shape index (κ2) is 9.47. The third-order valence-electron chi connectivity index (χ3n) is 4.42. The van der Waals surface area contributed by atoms with Crippen LogP contribution in [0, 0.1) is 0 Å². The Bertz CT molecular complexity index is 942. The summed E-state index contributed by atoms with van der Waals surface area (Å²) < 4.78 is 5.69. The highest BCUT2D eigenvalue weighted by atomic mass is 79.9. The standard InChI is InChI=1S/C21H19BrN2O5/c22-16-4-1-3-15(11-16)21(28)23-12-20(27)29-13-18(25)14-6-8-17(9-7-14)24-10-2-5-19(24)26/h1,3-4,6-9,11H,2,5,10,12-13H2,(H,23,28). The summed E-state index contributed by atoms with van der Waals surface area (Å²) in [6, 6.07) is 13.4. The summed E-state index contributed by atoms with van der Waals surface area (Å²) in [7, 11) is 0. The Labute approximate surface area is 176 Å². The molecule has 2 aromatic rings. The van der Waals surface area contributed by atoms with E-state index in [2.05, 4.69) is 21.2 Å². The van der Waals surface area contributed by atoms with Crippen molar-refractivity contribution in [3.05, 3.63) is 64.1 Å². The number of Topliss-reactive ketones (excluding diaryl/α,β-unsaturated/α-hetero) is 1. The van der Waals surface area contributed by atoms with Crippen LogP contribution in [-0.4, -0.2) is 43.3 Å². The van der Waals surface area contributed by atoms with Crippen LogP contribution in [-0.2, 0) is 14.3 Å². The first-order valence-corrected chi connectivity index (χ1v) is 9.86. The highest BCUT2D eigenvalue weighted by Crippen LogP contribution is 2.21. The van der Waals surface area contributed by atoms with Crippen LogP contribution in [0.4, 0.5) is 5.69 Å². The van der Waals surface area contributed by atoms with Gasteiger partial charge in [-0.1, -0.05) is 22.0 Å². The highest BCUT2D eigenvalue weighted by molar-refractivity contribution is 9.10. The van der Waals surface area contributed by atoms with Gasteiger partial charge in [0.1, 0.15) is 6.54 Å². The van der Waals surface area contributed by atoms with E-state index in [1.807, 2.05) is 0 Å². The minimum atomic E-state index is -0.707. The maximum absolute atomic E-state index is 12.2. The third-order valence-corrected chi connectivity index (χ3v) is 4.91. The van der Waals surface area contributed by atoms with Crippen LogP contribution in [0.2, 0.25) is 0 Å². The molecule has 1 N–H and O–H groups in total. The molecule has 2 amide bonds. The Balaban J connectivity index is 1.45. The summed E-state index contributed by atoms with van der Waals surface area (Å²) in [5.74, 6) is -1.42. The van der Waals surface area contributed by atoms with Crippen molar-refractivity contribution in [3.8, 4) is 0 Å². The normalized spacial score (nSPS) is 13.3. The number of nitrogens with zero attached hydrogens (tertiary/aromatic N) is 1. The van der Waals surface area contributed by atoms with Gasteiger partial charge >= 0.3 is 5.97 Å². The molecule has 0 aromatic heterocycles. The van der Waals surface area contributed by atoms with Crippen molar-refractivity contribution in [2.24, 2.45) is 0 Å². The Morgan fingerprint density at radius 1 is 1.07 bits per heavy atom. The highest BCUT2D eigenvalue weighted by Gasteiger charge is 2.21. The Kier molecular flexibility index (Phi) is 6.77. The molecular formula is C21H19BrN2O5. The SMILES string of the molecule is O=C(CNC(=O)c1cccc(Br)c1)OCC(=O)c1ccc(N2CCCC2=O)cc1. The number of nitrogens with one attached hydrogen (secondary N) is 1. The quantitative estimate of drug-likeness (QED) is 0.508. The molecule has 0 saturated carbocycles. The van der Waals surface area contributed by atoms with Crippen molar-refractivity contribution in [3.63, 3.8) is 0 Å². The smallest absolute Gasteiger partial charge is 0.325 e. The molecule has 1 aliphatic rings. The summed E-state index contributed by atoms with van der Waals surface area (Å²) in [6.45, 7) is -0.0857. The lowest BCUT2D eigenvalue weighted by molar-refractivity contribution is -0.141. The molecular weight excluding hydrogens is 440 g/mol. The largest absolute Gasteiger partial charge is 0.456 e. The number of halogens is 1. The van der Waals surface area contributed by atoms with Gasteiger partial charge in [0.25, 0.3) is 5.91 Å². The van der Waals surface area contributed by atoms with Gasteiger partial charge in [0, 0.05) is 34.3 Å². The number of carbonyl (C=O) groups excluding carboxylic acids is 4. The molecule has 0 radical (unpaired) electrons. The summed E-state index contributed by atoms with van der Waals surface area (Å²) in [4.78, 5) is 49.4. The molecule has 1 fully saturated rings. The van der Waals surface area contributed by atoms with E-state index in [1.54, 1.807) is 53.4 Å². The molecule has 0 spiro atoms. The predicted molar refractivity (Wildman–Crippen MR) is 110 cm³/mol. The number of ketones is 1. The molecule has 29 heavy (non-hydrogen) atoms. The monoisotopic (exact) mass is 458 g/mol. The average molecular weight is 459 g/mol. The first-order valence-electron chi connectivity index (χ1n) is 9.07. The van der Waals surface area contributed by atoms with E-state index in [4.69, 9.17) is 4.74 Å². The topological polar surface area (TPSA) is 92.8 Å². The van der Waals surface area contributed by atoms with Gasteiger partial charge in [0.15, 0.2) is 12.4 Å². The lowest BCUT2D eigenvalue weighted by atomic mass is 10.1. The minimum absolute atomic E-state index is 0.0721. The van der Waals surface area contributed by atoms with Gasteiger partial charge in [-0.3, -0.25) is 19.2 Å². The van der Waals surface area contributed by atoms with E-state index >= 15 is 0 Å². The Morgan fingerprint density at radius 3 is 2.48 bits per heavy atom. The van der Waals surface area contributed by atoms with E-state index in [9.17, 15) is 19.2 Å². The Hall–Kier alpha value is -3.00. The van der Waals surface area contributed by atoms with Gasteiger partial charge in [0.2, 0.25) is 5.91 Å². The number of amides is 2. The number of hydrogen-bond acceptors (Lipinski definition) is 5. The summed E-state index contributed by atoms with van der Waals surface area (Å²) in [5, 5.41) is 2.45. The fraction of sp³-hybridized carbons (Fsp3) is 0.238. The van der Waals surface area contributed by atoms with Gasteiger partial charge in [-0.25, -0.2) is 0 Å². The zero-order valence-electron chi connectivity index (χ0n) is 15.5. The van der Waals surface area contributed by atoms with Crippen molar-refractivity contribution in [2.45, 2.75) is 12.8 Å². The molecule has 1 heterocycles. The molecule has 0 aliphatic carbocycles. The number of esters is 1. The van der Waals surface area contributed by atoms with E-state index in [0.29, 0.717) is 24.1 Å². The van der Waals surface area contributed by atoms with Gasteiger partial charge in [0.05, 0.1) is 0 Å². The third kappa shape index (κ3) is 5.51. The van der Waals surface area contributed by atoms with Crippen LogP contribution >= 0.6 is 15.9 Å². The van der Waals surface area contributed by atoms with Crippen molar-refractivity contribution < 1.29 is 23.9 Å². The van der Waals surface area contributed by atoms with Crippen LogP contribution in [0.15, 0.2) is 53.0 Å². The maximum Gasteiger partial charge on any atom is 0.325 e. The lowest BCUT2D eigenvalue weighted by Gasteiger charge is -2.15. The average Bonchev–Trinajstić information content (AvgIpc) is 3.16. The van der Waals surface area contributed by atoms with Gasteiger partial charge in [-0.2, -0.15) is 0 Å². The van der Waals surface area contributed by atoms with E-state index in [0.717, 1.165) is 16.6 Å². The predicted octanol–water partition coefficient (Wildman–Crippen LogP) is 2.73. The molecule has 0 atom stereocenters. The number of hydrogen-bond donors (Lipinski definition) is 1. The zero-order valence-corrected chi connectivity index (χ0v) is 17.1. The fourth-order valence-electron chi connectivity index (χ4n) is 2.91. The zero-order chi connectivity index (χ0) is 20.8. The molecule has 2 aromatic carbocycles. The van der Waals surface area contributed by atoms with Crippen molar-refractivity contribution in [1.29, 1.82) is 0 Å². The summed E-state index contributed by atoms with van der Waals surface area (Å²) in [5.41, 5.74) is 1.53. The molecule has 1 saturated heterocycles. The fourth-order valence-corrected chi connectivity index (χ4v) is 3.31. The molecule has 3 rings (SSSR count). The summed E-state index contributed by atoms with van der Waals surface area (Å²) >= 11 is 3.27. The van der Waals surface area contributed by atoms with E-state index in [1.165, 1.54) is 0 Å². The number of carbonyl (C=O) groups is 4. The van der Waals surface area contributed by atoms with Crippen molar-refractivity contribution in [2.75, 3.05) is 24.6 Å². The molecule has 1 aliphatic heterocycles. The lowest BCUT2D eigenvalue weighted by Crippen LogP contribution is -2.31. The van der Waals surface area contributed by atoms with Crippen LogP contribution in [0.1, 0.15) is 33.6 Å². The molecule has 150 valence electrons. The number of ether oxygens (including phenoxy) is 1. The van der Waals surface area contributed by atoms with Gasteiger partial charge < -0.3 is 15.0 Å². The van der Waals surface area contributed by atoms with Crippen molar-refractivity contribution >= 4 is 45.2 Å².